The minimum absolute atomic E-state index is 0.317. The van der Waals surface area contributed by atoms with Crippen molar-refractivity contribution in [2.45, 2.75) is 51.0 Å². The number of pyridine rings is 1. The Kier molecular flexibility index (Phi) is 4.39. The monoisotopic (exact) mass is 403 g/mol. The van der Waals surface area contributed by atoms with Crippen molar-refractivity contribution in [1.82, 2.24) is 19.7 Å². The van der Waals surface area contributed by atoms with Crippen LogP contribution in [-0.2, 0) is 11.2 Å². The predicted octanol–water partition coefficient (Wildman–Crippen LogP) is 3.55. The molecule has 2 aromatic heterocycles. The van der Waals surface area contributed by atoms with Gasteiger partial charge in [-0.1, -0.05) is 12.8 Å². The van der Waals surface area contributed by atoms with Crippen molar-refractivity contribution in [2.24, 2.45) is 5.92 Å². The van der Waals surface area contributed by atoms with E-state index in [-0.39, 0.29) is 0 Å². The minimum Gasteiger partial charge on any atom is -0.367 e. The summed E-state index contributed by atoms with van der Waals surface area (Å²) in [6.45, 7) is 3.46. The number of carbonyl (C=O) groups is 1. The molecule has 0 atom stereocenters. The van der Waals surface area contributed by atoms with Gasteiger partial charge in [0.05, 0.1) is 17.9 Å². The van der Waals surface area contributed by atoms with Gasteiger partial charge in [-0.15, -0.1) is 0 Å². The summed E-state index contributed by atoms with van der Waals surface area (Å²) in [4.78, 5) is 21.5. The number of fused-ring (bicyclic) bond motifs is 1. The van der Waals surface area contributed by atoms with Crippen LogP contribution in [-0.4, -0.2) is 51.8 Å². The van der Waals surface area contributed by atoms with Crippen LogP contribution in [0.15, 0.2) is 24.7 Å². The second kappa shape index (κ2) is 7.25. The maximum Gasteiger partial charge on any atom is 0.225 e. The molecule has 3 aliphatic carbocycles. The number of anilines is 1. The number of piperazine rings is 1. The number of hydrogen-bond donors (Lipinski definition) is 0. The normalized spacial score (nSPS) is 21.8. The highest BCUT2D eigenvalue weighted by Gasteiger charge is 2.35. The molecule has 1 amide bonds. The molecular weight excluding hydrogens is 374 g/mol. The van der Waals surface area contributed by atoms with Gasteiger partial charge in [0.2, 0.25) is 5.91 Å². The van der Waals surface area contributed by atoms with E-state index in [1.807, 2.05) is 12.4 Å². The second-order valence-electron chi connectivity index (χ2n) is 9.27. The molecule has 0 N–H and O–H groups in total. The molecule has 6 heteroatoms. The molecule has 1 saturated heterocycles. The zero-order chi connectivity index (χ0) is 20.1. The number of aromatic nitrogens is 3. The van der Waals surface area contributed by atoms with Crippen LogP contribution >= 0.6 is 0 Å². The summed E-state index contributed by atoms with van der Waals surface area (Å²) < 4.78 is 2.18. The van der Waals surface area contributed by atoms with Crippen LogP contribution in [0.3, 0.4) is 0 Å². The highest BCUT2D eigenvalue weighted by molar-refractivity contribution is 5.91. The summed E-state index contributed by atoms with van der Waals surface area (Å²) in [5.74, 6) is 0.688. The lowest BCUT2D eigenvalue weighted by atomic mass is 10.1. The topological polar surface area (TPSA) is 54.3 Å². The molecule has 2 saturated carbocycles. The smallest absolute Gasteiger partial charge is 0.225 e. The summed E-state index contributed by atoms with van der Waals surface area (Å²) in [6, 6.07) is 2.71. The lowest BCUT2D eigenvalue weighted by Gasteiger charge is -2.37. The highest BCUT2D eigenvalue weighted by Crippen LogP contribution is 2.37. The van der Waals surface area contributed by atoms with Gasteiger partial charge in [-0.25, -0.2) is 0 Å². The van der Waals surface area contributed by atoms with Gasteiger partial charge in [0.1, 0.15) is 0 Å². The molecule has 30 heavy (non-hydrogen) atoms. The van der Waals surface area contributed by atoms with E-state index in [1.54, 1.807) is 0 Å². The van der Waals surface area contributed by atoms with E-state index in [0.717, 1.165) is 51.1 Å². The van der Waals surface area contributed by atoms with Gasteiger partial charge in [-0.3, -0.25) is 14.5 Å². The number of amides is 1. The molecule has 0 unspecified atom stereocenters. The SMILES string of the molecule is O=C(C1CC1)N1CCN(c2ccnc3c2C=C(c2cnn(C4CCCC4)c2)C3)CC1. The molecule has 0 bridgehead atoms. The van der Waals surface area contributed by atoms with Crippen molar-refractivity contribution < 1.29 is 4.79 Å². The molecule has 6 nitrogen and oxygen atoms in total. The highest BCUT2D eigenvalue weighted by atomic mass is 16.2. The van der Waals surface area contributed by atoms with E-state index >= 15 is 0 Å². The molecule has 3 fully saturated rings. The largest absolute Gasteiger partial charge is 0.367 e. The van der Waals surface area contributed by atoms with Gasteiger partial charge in [0.15, 0.2) is 0 Å². The number of rotatable bonds is 4. The molecule has 0 radical (unpaired) electrons. The number of nitrogens with zero attached hydrogens (tertiary/aromatic N) is 5. The third-order valence-corrected chi connectivity index (χ3v) is 7.26. The molecule has 2 aromatic rings. The summed E-state index contributed by atoms with van der Waals surface area (Å²) in [7, 11) is 0. The number of allylic oxidation sites excluding steroid dienone is 1. The van der Waals surface area contributed by atoms with Gasteiger partial charge in [-0.2, -0.15) is 5.10 Å². The molecule has 4 aliphatic rings. The maximum absolute atomic E-state index is 12.4. The molecule has 0 aromatic carbocycles. The van der Waals surface area contributed by atoms with Crippen molar-refractivity contribution in [3.8, 4) is 0 Å². The molecule has 156 valence electrons. The molecular formula is C24H29N5O. The van der Waals surface area contributed by atoms with Crippen LogP contribution in [0.4, 0.5) is 5.69 Å². The molecule has 6 rings (SSSR count). The van der Waals surface area contributed by atoms with Gasteiger partial charge >= 0.3 is 0 Å². The van der Waals surface area contributed by atoms with Crippen LogP contribution in [0.5, 0.6) is 0 Å². The Bertz CT molecular complexity index is 991. The van der Waals surface area contributed by atoms with Crippen molar-refractivity contribution in [2.75, 3.05) is 31.1 Å². The summed E-state index contributed by atoms with van der Waals surface area (Å²) in [6.07, 6.45) is 16.7. The zero-order valence-corrected chi connectivity index (χ0v) is 17.5. The third kappa shape index (κ3) is 3.22. The first-order valence-corrected chi connectivity index (χ1v) is 11.5. The first-order valence-electron chi connectivity index (χ1n) is 11.5. The Morgan fingerprint density at radius 3 is 2.60 bits per heavy atom. The fraction of sp³-hybridized carbons (Fsp3) is 0.542. The Balaban J connectivity index is 1.20. The Hall–Kier alpha value is -2.63. The van der Waals surface area contributed by atoms with E-state index in [9.17, 15) is 4.79 Å². The standard InChI is InChI=1S/C24H29N5O/c30-24(17-5-6-17)28-11-9-27(10-12-28)23-7-8-25-22-14-18(13-21(22)23)19-15-26-29(16-19)20-3-1-2-4-20/h7-8,13,15-17,20H,1-6,9-12,14H2. The summed E-state index contributed by atoms with van der Waals surface area (Å²) in [5, 5.41) is 4.67. The number of carbonyl (C=O) groups excluding carboxylic acids is 1. The Labute approximate surface area is 177 Å². The van der Waals surface area contributed by atoms with Crippen LogP contribution in [0.1, 0.15) is 61.4 Å². The van der Waals surface area contributed by atoms with Crippen molar-refractivity contribution in [3.63, 3.8) is 0 Å². The predicted molar refractivity (Wildman–Crippen MR) is 117 cm³/mol. The van der Waals surface area contributed by atoms with Gasteiger partial charge in [-0.05, 0) is 43.4 Å². The average molecular weight is 404 g/mol. The van der Waals surface area contributed by atoms with Crippen LogP contribution < -0.4 is 4.90 Å². The van der Waals surface area contributed by atoms with E-state index < -0.39 is 0 Å². The molecule has 1 aliphatic heterocycles. The van der Waals surface area contributed by atoms with E-state index in [2.05, 4.69) is 42.9 Å². The van der Waals surface area contributed by atoms with E-state index in [4.69, 9.17) is 0 Å². The number of hydrogen-bond acceptors (Lipinski definition) is 4. The van der Waals surface area contributed by atoms with E-state index in [0.29, 0.717) is 17.9 Å². The summed E-state index contributed by atoms with van der Waals surface area (Å²) >= 11 is 0. The third-order valence-electron chi connectivity index (χ3n) is 7.26. The first kappa shape index (κ1) is 18.2. The van der Waals surface area contributed by atoms with Gasteiger partial charge < -0.3 is 9.80 Å². The zero-order valence-electron chi connectivity index (χ0n) is 17.5. The quantitative estimate of drug-likeness (QED) is 0.783. The second-order valence-corrected chi connectivity index (χ2v) is 9.27. The van der Waals surface area contributed by atoms with Gasteiger partial charge in [0, 0.05) is 67.7 Å². The minimum atomic E-state index is 0.317. The molecule has 0 spiro atoms. The Morgan fingerprint density at radius 2 is 1.83 bits per heavy atom. The van der Waals surface area contributed by atoms with Crippen molar-refractivity contribution >= 4 is 23.2 Å². The van der Waals surface area contributed by atoms with Crippen LogP contribution in [0.25, 0.3) is 11.6 Å². The maximum atomic E-state index is 12.4. The van der Waals surface area contributed by atoms with Gasteiger partial charge in [0.25, 0.3) is 0 Å². The van der Waals surface area contributed by atoms with Crippen LogP contribution in [0.2, 0.25) is 0 Å². The lowest BCUT2D eigenvalue weighted by Crippen LogP contribution is -2.49. The van der Waals surface area contributed by atoms with Crippen molar-refractivity contribution in [3.05, 3.63) is 41.5 Å². The molecule has 3 heterocycles. The fourth-order valence-corrected chi connectivity index (χ4v) is 5.30. The van der Waals surface area contributed by atoms with Crippen LogP contribution in [0, 0.1) is 5.92 Å². The average Bonchev–Trinajstić information content (AvgIpc) is 3.17. The lowest BCUT2D eigenvalue weighted by molar-refractivity contribution is -0.132. The van der Waals surface area contributed by atoms with E-state index in [1.165, 1.54) is 48.1 Å². The first-order chi connectivity index (χ1) is 14.8. The Morgan fingerprint density at radius 1 is 1.03 bits per heavy atom. The fourth-order valence-electron chi connectivity index (χ4n) is 5.30. The van der Waals surface area contributed by atoms with Crippen molar-refractivity contribution in [1.29, 1.82) is 0 Å². The summed E-state index contributed by atoms with van der Waals surface area (Å²) in [5.41, 5.74) is 6.22.